The number of nitrogens with one attached hydrogen (secondary N) is 3. The number of aromatic nitrogens is 2. The summed E-state index contributed by atoms with van der Waals surface area (Å²) in [6.45, 7) is 5.21. The van der Waals surface area contributed by atoms with E-state index >= 15 is 0 Å². The fourth-order valence-electron chi connectivity index (χ4n) is 2.04. The molecule has 1 amide bonds. The minimum Gasteiger partial charge on any atom is -0.349 e. The summed E-state index contributed by atoms with van der Waals surface area (Å²) >= 11 is 0. The Morgan fingerprint density at radius 3 is 2.86 bits per heavy atom. The highest BCUT2D eigenvalue weighted by Crippen LogP contribution is 2.21. The molecule has 0 unspecified atom stereocenters. The fraction of sp³-hybridized carbons (Fsp3) is 0.385. The zero-order valence-electron chi connectivity index (χ0n) is 12.3. The zero-order chi connectivity index (χ0) is 15.4. The van der Waals surface area contributed by atoms with Crippen LogP contribution < -0.4 is 10.6 Å². The van der Waals surface area contributed by atoms with Gasteiger partial charge < -0.3 is 10.6 Å². The number of hydrogen-bond donors (Lipinski definition) is 3. The molecule has 0 bridgehead atoms. The van der Waals surface area contributed by atoms with E-state index in [9.17, 15) is 14.9 Å². The van der Waals surface area contributed by atoms with Crippen molar-refractivity contribution < 1.29 is 9.72 Å². The number of H-pyrrole nitrogens is 1. The van der Waals surface area contributed by atoms with Gasteiger partial charge in [0.25, 0.3) is 11.6 Å². The van der Waals surface area contributed by atoms with Crippen LogP contribution in [-0.4, -0.2) is 40.2 Å². The number of halogens is 1. The van der Waals surface area contributed by atoms with Gasteiger partial charge in [-0.05, 0) is 19.5 Å². The first-order valence-corrected chi connectivity index (χ1v) is 6.67. The molecule has 3 N–H and O–H groups in total. The van der Waals surface area contributed by atoms with E-state index in [0.717, 1.165) is 6.54 Å². The Morgan fingerprint density at radius 2 is 2.23 bits per heavy atom. The molecule has 2 aromatic rings. The lowest BCUT2D eigenvalue weighted by Gasteiger charge is -2.12. The topological polar surface area (TPSA) is 113 Å². The highest BCUT2D eigenvalue weighted by molar-refractivity contribution is 6.05. The van der Waals surface area contributed by atoms with Crippen molar-refractivity contribution in [3.63, 3.8) is 0 Å². The molecule has 0 saturated carbocycles. The number of rotatable bonds is 6. The average molecular weight is 328 g/mol. The third kappa shape index (κ3) is 3.92. The summed E-state index contributed by atoms with van der Waals surface area (Å²) in [7, 11) is 0. The lowest BCUT2D eigenvalue weighted by molar-refractivity contribution is -0.384. The monoisotopic (exact) mass is 327 g/mol. The van der Waals surface area contributed by atoms with E-state index in [0.29, 0.717) is 17.4 Å². The highest BCUT2D eigenvalue weighted by Gasteiger charge is 2.17. The summed E-state index contributed by atoms with van der Waals surface area (Å²) < 4.78 is 0. The van der Waals surface area contributed by atoms with Gasteiger partial charge in [-0.15, -0.1) is 12.4 Å². The van der Waals surface area contributed by atoms with Crippen molar-refractivity contribution in [3.8, 4) is 0 Å². The number of carbonyl (C=O) groups excluding carboxylic acids is 1. The van der Waals surface area contributed by atoms with Crippen LogP contribution in [0.2, 0.25) is 0 Å². The minimum atomic E-state index is -0.499. The molecular formula is C13H18ClN5O3. The molecule has 22 heavy (non-hydrogen) atoms. The van der Waals surface area contributed by atoms with Gasteiger partial charge in [-0.3, -0.25) is 20.0 Å². The van der Waals surface area contributed by atoms with Gasteiger partial charge in [-0.25, -0.2) is 0 Å². The van der Waals surface area contributed by atoms with Crippen LogP contribution in [0.15, 0.2) is 18.2 Å². The van der Waals surface area contributed by atoms with Gasteiger partial charge in [0.2, 0.25) is 0 Å². The predicted molar refractivity (Wildman–Crippen MR) is 85.5 cm³/mol. The van der Waals surface area contributed by atoms with E-state index in [4.69, 9.17) is 0 Å². The molecule has 0 radical (unpaired) electrons. The quantitative estimate of drug-likeness (QED) is 0.551. The average Bonchev–Trinajstić information content (AvgIpc) is 2.88. The molecule has 9 heteroatoms. The van der Waals surface area contributed by atoms with E-state index in [-0.39, 0.29) is 35.7 Å². The number of non-ortho nitro benzene ring substituents is 1. The first kappa shape index (κ1) is 17.9. The smallest absolute Gasteiger partial charge is 0.272 e. The lowest BCUT2D eigenvalue weighted by atomic mass is 10.2. The van der Waals surface area contributed by atoms with Crippen LogP contribution in [0.25, 0.3) is 10.9 Å². The van der Waals surface area contributed by atoms with Gasteiger partial charge in [0.1, 0.15) is 0 Å². The molecule has 0 saturated heterocycles. The number of aromatic amines is 1. The Labute approximate surface area is 133 Å². The van der Waals surface area contributed by atoms with Gasteiger partial charge >= 0.3 is 0 Å². The maximum atomic E-state index is 12.1. The Hall–Kier alpha value is -2.19. The molecule has 0 aliphatic heterocycles. The number of nitro groups is 1. The number of amides is 1. The normalized spacial score (nSPS) is 11.7. The second kappa shape index (κ2) is 7.71. The van der Waals surface area contributed by atoms with Crippen LogP contribution in [0.1, 0.15) is 24.3 Å². The van der Waals surface area contributed by atoms with Gasteiger partial charge in [0.15, 0.2) is 5.69 Å². The third-order valence-corrected chi connectivity index (χ3v) is 3.09. The fourth-order valence-corrected chi connectivity index (χ4v) is 2.04. The second-order valence-corrected chi connectivity index (χ2v) is 4.73. The van der Waals surface area contributed by atoms with Crippen molar-refractivity contribution in [2.45, 2.75) is 19.9 Å². The van der Waals surface area contributed by atoms with Crippen LogP contribution in [0.5, 0.6) is 0 Å². The van der Waals surface area contributed by atoms with Crippen molar-refractivity contribution in [2.24, 2.45) is 0 Å². The van der Waals surface area contributed by atoms with Gasteiger partial charge in [0.05, 0.1) is 10.4 Å². The van der Waals surface area contributed by atoms with Crippen molar-refractivity contribution >= 4 is 34.9 Å². The van der Waals surface area contributed by atoms with E-state index < -0.39 is 4.92 Å². The summed E-state index contributed by atoms with van der Waals surface area (Å²) in [6.07, 6.45) is 0. The highest BCUT2D eigenvalue weighted by atomic mass is 35.5. The summed E-state index contributed by atoms with van der Waals surface area (Å²) in [4.78, 5) is 22.4. The molecule has 120 valence electrons. The summed E-state index contributed by atoms with van der Waals surface area (Å²) in [5, 5.41) is 23.8. The van der Waals surface area contributed by atoms with Crippen molar-refractivity contribution in [3.05, 3.63) is 34.0 Å². The van der Waals surface area contributed by atoms with Crippen molar-refractivity contribution in [1.29, 1.82) is 0 Å². The molecule has 2 rings (SSSR count). The molecule has 0 aliphatic rings. The molecule has 1 heterocycles. The van der Waals surface area contributed by atoms with E-state index in [1.165, 1.54) is 12.1 Å². The molecule has 0 spiro atoms. The van der Waals surface area contributed by atoms with Crippen molar-refractivity contribution in [1.82, 2.24) is 20.8 Å². The first-order chi connectivity index (χ1) is 10.0. The van der Waals surface area contributed by atoms with Gasteiger partial charge in [0, 0.05) is 30.1 Å². The zero-order valence-corrected chi connectivity index (χ0v) is 13.1. The molecule has 1 aromatic carbocycles. The maximum absolute atomic E-state index is 12.1. The number of fused-ring (bicyclic) bond motifs is 1. The molecule has 0 fully saturated rings. The van der Waals surface area contributed by atoms with Crippen LogP contribution in [0.4, 0.5) is 5.69 Å². The molecule has 8 nitrogen and oxygen atoms in total. The molecular weight excluding hydrogens is 310 g/mol. The molecule has 1 atom stereocenters. The van der Waals surface area contributed by atoms with Gasteiger partial charge in [-0.2, -0.15) is 5.10 Å². The third-order valence-electron chi connectivity index (χ3n) is 3.09. The minimum absolute atomic E-state index is 0. The number of benzene rings is 1. The number of nitro benzene ring substituents is 1. The van der Waals surface area contributed by atoms with Gasteiger partial charge in [-0.1, -0.05) is 6.92 Å². The molecule has 1 aromatic heterocycles. The van der Waals surface area contributed by atoms with Crippen LogP contribution in [0.3, 0.4) is 0 Å². The Kier molecular flexibility index (Phi) is 6.26. The lowest BCUT2D eigenvalue weighted by Crippen LogP contribution is -2.38. The first-order valence-electron chi connectivity index (χ1n) is 6.67. The Balaban J connectivity index is 0.00000242. The number of likely N-dealkylation sites (N-methyl/N-ethyl adjacent to an activating group) is 1. The van der Waals surface area contributed by atoms with E-state index in [1.807, 2.05) is 13.8 Å². The Morgan fingerprint density at radius 1 is 1.50 bits per heavy atom. The van der Waals surface area contributed by atoms with E-state index in [2.05, 4.69) is 20.8 Å². The summed E-state index contributed by atoms with van der Waals surface area (Å²) in [5.41, 5.74) is 0.682. The van der Waals surface area contributed by atoms with Crippen LogP contribution >= 0.6 is 12.4 Å². The van der Waals surface area contributed by atoms with Crippen LogP contribution in [-0.2, 0) is 0 Å². The second-order valence-electron chi connectivity index (χ2n) is 4.73. The SMILES string of the molecule is CCN[C@H](C)CNC(=O)c1n[nH]c2ccc([N+](=O)[O-])cc12.Cl. The Bertz CT molecular complexity index is 673. The predicted octanol–water partition coefficient (Wildman–Crippen LogP) is 1.62. The number of nitrogens with zero attached hydrogens (tertiary/aromatic N) is 2. The number of hydrogen-bond acceptors (Lipinski definition) is 5. The largest absolute Gasteiger partial charge is 0.349 e. The summed E-state index contributed by atoms with van der Waals surface area (Å²) in [5.74, 6) is -0.355. The maximum Gasteiger partial charge on any atom is 0.272 e. The van der Waals surface area contributed by atoms with Crippen molar-refractivity contribution in [2.75, 3.05) is 13.1 Å². The number of carbonyl (C=O) groups is 1. The summed E-state index contributed by atoms with van der Waals surface area (Å²) in [6, 6.07) is 4.40. The van der Waals surface area contributed by atoms with Crippen LogP contribution in [0, 0.1) is 10.1 Å². The van der Waals surface area contributed by atoms with E-state index in [1.54, 1.807) is 6.07 Å². The molecule has 0 aliphatic carbocycles. The standard InChI is InChI=1S/C13H17N5O3.ClH/c1-3-14-8(2)7-15-13(19)12-10-6-9(18(20)21)4-5-11(10)16-17-12;/h4-6,8,14H,3,7H2,1-2H3,(H,15,19)(H,16,17);1H/t8-;/m1./s1.